The highest BCUT2D eigenvalue weighted by molar-refractivity contribution is 7.80. The molecule has 3 rings (SSSR count). The SMILES string of the molecule is Cc1ccc(C(=O)NC(=S)Nc2sc3c(c2C#N)CC[C@@H](C)C3)cc1C. The lowest BCUT2D eigenvalue weighted by Crippen LogP contribution is -2.34. The van der Waals surface area contributed by atoms with Crippen LogP contribution in [-0.4, -0.2) is 11.0 Å². The van der Waals surface area contributed by atoms with Crippen molar-refractivity contribution < 1.29 is 4.79 Å². The van der Waals surface area contributed by atoms with Crippen LogP contribution >= 0.6 is 23.6 Å². The summed E-state index contributed by atoms with van der Waals surface area (Å²) >= 11 is 6.87. The van der Waals surface area contributed by atoms with Crippen molar-refractivity contribution in [3.63, 3.8) is 0 Å². The average molecular weight is 384 g/mol. The van der Waals surface area contributed by atoms with E-state index in [0.717, 1.165) is 41.0 Å². The molecule has 0 unspecified atom stereocenters. The van der Waals surface area contributed by atoms with Crippen molar-refractivity contribution in [2.45, 2.75) is 40.0 Å². The number of carbonyl (C=O) groups excluding carboxylic acids is 1. The van der Waals surface area contributed by atoms with Crippen molar-refractivity contribution in [1.82, 2.24) is 5.32 Å². The number of nitriles is 1. The second-order valence-corrected chi connectivity index (χ2v) is 8.39. The summed E-state index contributed by atoms with van der Waals surface area (Å²) in [6.45, 7) is 6.21. The first-order valence-electron chi connectivity index (χ1n) is 8.63. The highest BCUT2D eigenvalue weighted by atomic mass is 32.1. The molecule has 0 saturated heterocycles. The van der Waals surface area contributed by atoms with Gasteiger partial charge in [0.15, 0.2) is 5.11 Å². The molecule has 6 heteroatoms. The van der Waals surface area contributed by atoms with E-state index >= 15 is 0 Å². The minimum Gasteiger partial charge on any atom is -0.323 e. The van der Waals surface area contributed by atoms with E-state index in [4.69, 9.17) is 12.2 Å². The van der Waals surface area contributed by atoms with Crippen molar-refractivity contribution >= 4 is 39.6 Å². The summed E-state index contributed by atoms with van der Waals surface area (Å²) in [4.78, 5) is 13.7. The highest BCUT2D eigenvalue weighted by Gasteiger charge is 2.24. The first-order valence-corrected chi connectivity index (χ1v) is 9.85. The molecule has 1 amide bonds. The summed E-state index contributed by atoms with van der Waals surface area (Å²) in [6.07, 6.45) is 3.03. The predicted molar refractivity (Wildman–Crippen MR) is 110 cm³/mol. The van der Waals surface area contributed by atoms with Crippen molar-refractivity contribution in [1.29, 1.82) is 5.26 Å². The molecule has 0 saturated carbocycles. The van der Waals surface area contributed by atoms with Gasteiger partial charge in [0.25, 0.3) is 5.91 Å². The first kappa shape index (κ1) is 18.6. The predicted octanol–water partition coefficient (Wildman–Crippen LogP) is 4.49. The Kier molecular flexibility index (Phi) is 5.40. The smallest absolute Gasteiger partial charge is 0.257 e. The van der Waals surface area contributed by atoms with Gasteiger partial charge in [-0.3, -0.25) is 10.1 Å². The van der Waals surface area contributed by atoms with Crippen LogP contribution in [0.2, 0.25) is 0 Å². The number of anilines is 1. The van der Waals surface area contributed by atoms with Gasteiger partial charge in [0.2, 0.25) is 0 Å². The lowest BCUT2D eigenvalue weighted by Gasteiger charge is -2.17. The van der Waals surface area contributed by atoms with Gasteiger partial charge in [0, 0.05) is 10.4 Å². The van der Waals surface area contributed by atoms with Gasteiger partial charge in [-0.25, -0.2) is 0 Å². The Hall–Kier alpha value is -2.23. The Morgan fingerprint density at radius 1 is 1.35 bits per heavy atom. The third-order valence-electron chi connectivity index (χ3n) is 4.85. The molecular weight excluding hydrogens is 362 g/mol. The van der Waals surface area contributed by atoms with Crippen molar-refractivity contribution in [3.8, 4) is 6.07 Å². The van der Waals surface area contributed by atoms with E-state index in [0.29, 0.717) is 17.0 Å². The number of amides is 1. The van der Waals surface area contributed by atoms with E-state index in [2.05, 4.69) is 23.6 Å². The lowest BCUT2D eigenvalue weighted by atomic mass is 9.89. The van der Waals surface area contributed by atoms with Gasteiger partial charge in [-0.05, 0) is 80.1 Å². The second kappa shape index (κ2) is 7.56. The summed E-state index contributed by atoms with van der Waals surface area (Å²) in [5, 5.41) is 16.3. The number of hydrogen-bond donors (Lipinski definition) is 2. The molecule has 1 aliphatic rings. The van der Waals surface area contributed by atoms with Crippen LogP contribution < -0.4 is 10.6 Å². The fourth-order valence-corrected chi connectivity index (χ4v) is 4.77. The number of thiophene rings is 1. The van der Waals surface area contributed by atoms with Crippen molar-refractivity contribution in [2.24, 2.45) is 5.92 Å². The molecule has 2 aromatic rings. The molecule has 0 radical (unpaired) electrons. The zero-order valence-corrected chi connectivity index (χ0v) is 16.7. The standard InChI is InChI=1S/C20H21N3OS2/c1-11-4-7-15-16(10-21)19(26-17(15)8-11)23-20(25)22-18(24)14-6-5-12(2)13(3)9-14/h5-6,9,11H,4,7-8H2,1-3H3,(H2,22,23,24,25)/t11-/m1/s1. The number of nitrogens with zero attached hydrogens (tertiary/aromatic N) is 1. The molecular formula is C20H21N3OS2. The van der Waals surface area contributed by atoms with E-state index in [1.54, 1.807) is 17.4 Å². The Balaban J connectivity index is 1.73. The van der Waals surface area contributed by atoms with Crippen molar-refractivity contribution in [3.05, 3.63) is 50.9 Å². The van der Waals surface area contributed by atoms with Crippen LogP contribution in [0.1, 0.15) is 50.8 Å². The van der Waals surface area contributed by atoms with Crippen molar-refractivity contribution in [2.75, 3.05) is 5.32 Å². The molecule has 1 aliphatic carbocycles. The van der Waals surface area contributed by atoms with Gasteiger partial charge in [-0.1, -0.05) is 13.0 Å². The molecule has 1 aromatic heterocycles. The molecule has 0 fully saturated rings. The van der Waals surface area contributed by atoms with Crippen LogP contribution in [0, 0.1) is 31.1 Å². The monoisotopic (exact) mass is 383 g/mol. The fraction of sp³-hybridized carbons (Fsp3) is 0.350. The van der Waals surface area contributed by atoms with E-state index in [1.807, 2.05) is 26.0 Å². The highest BCUT2D eigenvalue weighted by Crippen LogP contribution is 2.39. The minimum atomic E-state index is -0.251. The topological polar surface area (TPSA) is 64.9 Å². The van der Waals surface area contributed by atoms with Crippen LogP contribution in [-0.2, 0) is 12.8 Å². The van der Waals surface area contributed by atoms with Gasteiger partial charge in [-0.2, -0.15) is 5.26 Å². The van der Waals surface area contributed by atoms with Crippen LogP contribution in [0.3, 0.4) is 0 Å². The van der Waals surface area contributed by atoms with Gasteiger partial charge in [0.1, 0.15) is 11.1 Å². The largest absolute Gasteiger partial charge is 0.323 e. The van der Waals surface area contributed by atoms with Crippen LogP contribution in [0.5, 0.6) is 0 Å². The molecule has 26 heavy (non-hydrogen) atoms. The molecule has 1 aromatic carbocycles. The third kappa shape index (κ3) is 3.79. The summed E-state index contributed by atoms with van der Waals surface area (Å²) < 4.78 is 0. The van der Waals surface area contributed by atoms with Crippen LogP contribution in [0.25, 0.3) is 0 Å². The first-order chi connectivity index (χ1) is 12.4. The molecule has 1 atom stereocenters. The quantitative estimate of drug-likeness (QED) is 0.750. The normalized spacial score (nSPS) is 15.7. The summed E-state index contributed by atoms with van der Waals surface area (Å²) in [7, 11) is 0. The second-order valence-electron chi connectivity index (χ2n) is 6.87. The Bertz CT molecular complexity index is 924. The van der Waals surface area contributed by atoms with E-state index in [9.17, 15) is 10.1 Å². The maximum absolute atomic E-state index is 12.4. The Labute approximate surface area is 163 Å². The minimum absolute atomic E-state index is 0.219. The average Bonchev–Trinajstić information content (AvgIpc) is 2.92. The summed E-state index contributed by atoms with van der Waals surface area (Å²) in [5.41, 5.74) is 4.57. The number of aryl methyl sites for hydroxylation is 2. The number of nitrogens with one attached hydrogen (secondary N) is 2. The van der Waals surface area contributed by atoms with Crippen LogP contribution in [0.15, 0.2) is 18.2 Å². The van der Waals surface area contributed by atoms with E-state index in [-0.39, 0.29) is 11.0 Å². The molecule has 0 spiro atoms. The number of thiocarbonyl (C=S) groups is 1. The van der Waals surface area contributed by atoms with Gasteiger partial charge >= 0.3 is 0 Å². The van der Waals surface area contributed by atoms with E-state index in [1.165, 1.54) is 4.88 Å². The summed E-state index contributed by atoms with van der Waals surface area (Å²) in [6, 6.07) is 7.85. The number of benzene rings is 1. The van der Waals surface area contributed by atoms with Gasteiger partial charge < -0.3 is 5.32 Å². The maximum atomic E-state index is 12.4. The van der Waals surface area contributed by atoms with Gasteiger partial charge in [0.05, 0.1) is 5.56 Å². The number of hydrogen-bond acceptors (Lipinski definition) is 4. The Morgan fingerprint density at radius 3 is 2.81 bits per heavy atom. The third-order valence-corrected chi connectivity index (χ3v) is 6.22. The fourth-order valence-electron chi connectivity index (χ4n) is 3.15. The Morgan fingerprint density at radius 2 is 2.12 bits per heavy atom. The molecule has 0 aliphatic heterocycles. The van der Waals surface area contributed by atoms with E-state index < -0.39 is 0 Å². The van der Waals surface area contributed by atoms with Gasteiger partial charge in [-0.15, -0.1) is 11.3 Å². The molecule has 134 valence electrons. The number of carbonyl (C=O) groups is 1. The number of fused-ring (bicyclic) bond motifs is 1. The molecule has 2 N–H and O–H groups in total. The maximum Gasteiger partial charge on any atom is 0.257 e. The zero-order valence-electron chi connectivity index (χ0n) is 15.1. The summed E-state index contributed by atoms with van der Waals surface area (Å²) in [5.74, 6) is 0.385. The molecule has 4 nitrogen and oxygen atoms in total. The molecule has 1 heterocycles. The number of rotatable bonds is 2. The van der Waals surface area contributed by atoms with Crippen LogP contribution in [0.4, 0.5) is 5.00 Å². The lowest BCUT2D eigenvalue weighted by molar-refractivity contribution is 0.0977. The molecule has 0 bridgehead atoms. The zero-order chi connectivity index (χ0) is 18.8.